The number of aryl methyl sites for hydroxylation is 2. The van der Waals surface area contributed by atoms with Crippen LogP contribution in [0.1, 0.15) is 40.0 Å². The van der Waals surface area contributed by atoms with E-state index in [4.69, 9.17) is 5.11 Å². The Kier molecular flexibility index (Phi) is 4.52. The molecule has 0 radical (unpaired) electrons. The molecule has 0 aliphatic carbocycles. The SMILES string of the molecule is CCCn1cc(Br)cc1C(=O)Nc1cc(C)[nH]c1C(=O)O. The number of rotatable bonds is 5. The van der Waals surface area contributed by atoms with Gasteiger partial charge in [0.25, 0.3) is 5.91 Å². The lowest BCUT2D eigenvalue weighted by Gasteiger charge is -2.08. The molecule has 0 unspecified atom stereocenters. The van der Waals surface area contributed by atoms with Crippen molar-refractivity contribution in [1.29, 1.82) is 0 Å². The number of halogens is 1. The van der Waals surface area contributed by atoms with Gasteiger partial charge in [0.2, 0.25) is 0 Å². The summed E-state index contributed by atoms with van der Waals surface area (Å²) in [4.78, 5) is 26.2. The molecule has 6 nitrogen and oxygen atoms in total. The van der Waals surface area contributed by atoms with Crippen molar-refractivity contribution in [2.75, 3.05) is 5.32 Å². The molecule has 2 rings (SSSR count). The smallest absolute Gasteiger partial charge is 0.354 e. The van der Waals surface area contributed by atoms with Gasteiger partial charge in [0.1, 0.15) is 11.4 Å². The molecule has 0 bridgehead atoms. The van der Waals surface area contributed by atoms with Crippen LogP contribution in [0.25, 0.3) is 0 Å². The van der Waals surface area contributed by atoms with Gasteiger partial charge in [-0.2, -0.15) is 0 Å². The van der Waals surface area contributed by atoms with Crippen molar-refractivity contribution < 1.29 is 14.7 Å². The van der Waals surface area contributed by atoms with Crippen LogP contribution in [0.4, 0.5) is 5.69 Å². The Labute approximate surface area is 130 Å². The maximum atomic E-state index is 12.3. The van der Waals surface area contributed by atoms with Gasteiger partial charge in [-0.05, 0) is 41.4 Å². The second kappa shape index (κ2) is 6.17. The van der Waals surface area contributed by atoms with Crippen molar-refractivity contribution in [1.82, 2.24) is 9.55 Å². The van der Waals surface area contributed by atoms with Gasteiger partial charge in [-0.3, -0.25) is 4.79 Å². The number of nitrogens with one attached hydrogen (secondary N) is 2. The third-order valence-electron chi connectivity index (χ3n) is 2.97. The molecule has 0 aliphatic rings. The Balaban J connectivity index is 2.28. The summed E-state index contributed by atoms with van der Waals surface area (Å²) < 4.78 is 2.64. The number of aromatic nitrogens is 2. The average molecular weight is 354 g/mol. The fraction of sp³-hybridized carbons (Fsp3) is 0.286. The van der Waals surface area contributed by atoms with Crippen LogP contribution < -0.4 is 5.32 Å². The predicted molar refractivity (Wildman–Crippen MR) is 82.9 cm³/mol. The molecule has 0 saturated heterocycles. The summed E-state index contributed by atoms with van der Waals surface area (Å²) >= 11 is 3.35. The number of aromatic carboxylic acids is 1. The topological polar surface area (TPSA) is 87.1 Å². The minimum Gasteiger partial charge on any atom is -0.477 e. The molecule has 0 spiro atoms. The zero-order chi connectivity index (χ0) is 15.6. The molecular weight excluding hydrogens is 338 g/mol. The number of aromatic amines is 1. The molecule has 2 aromatic heterocycles. The maximum absolute atomic E-state index is 12.3. The van der Waals surface area contributed by atoms with Gasteiger partial charge in [0, 0.05) is 22.9 Å². The Morgan fingerprint density at radius 2 is 2.14 bits per heavy atom. The number of anilines is 1. The lowest BCUT2D eigenvalue weighted by atomic mass is 10.3. The highest BCUT2D eigenvalue weighted by molar-refractivity contribution is 9.10. The van der Waals surface area contributed by atoms with Crippen molar-refractivity contribution in [2.45, 2.75) is 26.8 Å². The van der Waals surface area contributed by atoms with E-state index in [2.05, 4.69) is 26.2 Å². The monoisotopic (exact) mass is 353 g/mol. The van der Waals surface area contributed by atoms with E-state index in [0.717, 1.165) is 10.9 Å². The van der Waals surface area contributed by atoms with Crippen LogP contribution in [0.3, 0.4) is 0 Å². The van der Waals surface area contributed by atoms with Gasteiger partial charge < -0.3 is 20.0 Å². The number of H-pyrrole nitrogens is 1. The Hall–Kier alpha value is -2.02. The third kappa shape index (κ3) is 3.36. The molecule has 2 aromatic rings. The van der Waals surface area contributed by atoms with Crippen LogP contribution in [0.15, 0.2) is 22.8 Å². The molecule has 7 heteroatoms. The first-order valence-corrected chi connectivity index (χ1v) is 7.31. The fourth-order valence-electron chi connectivity index (χ4n) is 2.13. The van der Waals surface area contributed by atoms with Crippen LogP contribution in [0.5, 0.6) is 0 Å². The van der Waals surface area contributed by atoms with Crippen LogP contribution >= 0.6 is 15.9 Å². The van der Waals surface area contributed by atoms with Crippen LogP contribution in [-0.2, 0) is 6.54 Å². The molecule has 2 heterocycles. The van der Waals surface area contributed by atoms with Crippen molar-refractivity contribution in [3.8, 4) is 0 Å². The number of carboxylic acids is 1. The molecule has 0 fully saturated rings. The number of hydrogen-bond donors (Lipinski definition) is 3. The van der Waals surface area contributed by atoms with E-state index in [1.54, 1.807) is 19.1 Å². The first-order chi connectivity index (χ1) is 9.92. The van der Waals surface area contributed by atoms with Gasteiger partial charge >= 0.3 is 5.97 Å². The predicted octanol–water partition coefficient (Wildman–Crippen LogP) is 3.25. The summed E-state index contributed by atoms with van der Waals surface area (Å²) in [5, 5.41) is 11.8. The molecule has 112 valence electrons. The number of nitrogens with zero attached hydrogens (tertiary/aromatic N) is 1. The van der Waals surface area contributed by atoms with Gasteiger partial charge in [-0.1, -0.05) is 6.92 Å². The van der Waals surface area contributed by atoms with E-state index in [-0.39, 0.29) is 17.3 Å². The minimum atomic E-state index is -1.11. The largest absolute Gasteiger partial charge is 0.477 e. The molecular formula is C14H16BrN3O3. The van der Waals surface area contributed by atoms with E-state index >= 15 is 0 Å². The number of carbonyl (C=O) groups excluding carboxylic acids is 1. The highest BCUT2D eigenvalue weighted by atomic mass is 79.9. The first-order valence-electron chi connectivity index (χ1n) is 6.52. The van der Waals surface area contributed by atoms with Crippen molar-refractivity contribution >= 4 is 33.5 Å². The summed E-state index contributed by atoms with van der Waals surface area (Å²) in [5.41, 5.74) is 1.41. The molecule has 3 N–H and O–H groups in total. The normalized spacial score (nSPS) is 10.6. The van der Waals surface area contributed by atoms with E-state index in [0.29, 0.717) is 17.9 Å². The van der Waals surface area contributed by atoms with Gasteiger partial charge in [0.15, 0.2) is 0 Å². The zero-order valence-electron chi connectivity index (χ0n) is 11.7. The number of amides is 1. The van der Waals surface area contributed by atoms with Crippen molar-refractivity contribution in [3.05, 3.63) is 39.9 Å². The van der Waals surface area contributed by atoms with Crippen LogP contribution in [0.2, 0.25) is 0 Å². The molecule has 0 aromatic carbocycles. The summed E-state index contributed by atoms with van der Waals surface area (Å²) in [7, 11) is 0. The van der Waals surface area contributed by atoms with Crippen LogP contribution in [0, 0.1) is 6.92 Å². The highest BCUT2D eigenvalue weighted by Crippen LogP contribution is 2.20. The number of carboxylic acid groups (broad SMARTS) is 1. The Morgan fingerprint density at radius 1 is 1.43 bits per heavy atom. The lowest BCUT2D eigenvalue weighted by molar-refractivity contribution is 0.0692. The second-order valence-electron chi connectivity index (χ2n) is 4.74. The van der Waals surface area contributed by atoms with E-state index in [1.807, 2.05) is 17.7 Å². The summed E-state index contributed by atoms with van der Waals surface area (Å²) in [6.07, 6.45) is 2.73. The first kappa shape index (κ1) is 15.4. The lowest BCUT2D eigenvalue weighted by Crippen LogP contribution is -2.18. The number of hydrogen-bond acceptors (Lipinski definition) is 2. The van der Waals surface area contributed by atoms with E-state index in [1.165, 1.54) is 0 Å². The standard InChI is InChI=1S/C14H16BrN3O3/c1-3-4-18-7-9(15)6-11(18)13(19)17-10-5-8(2)16-12(10)14(20)21/h5-7,16H,3-4H2,1-2H3,(H,17,19)(H,20,21). The Bertz CT molecular complexity index is 688. The number of carbonyl (C=O) groups is 2. The summed E-state index contributed by atoms with van der Waals surface area (Å²) in [5.74, 6) is -1.45. The molecule has 0 atom stereocenters. The second-order valence-corrected chi connectivity index (χ2v) is 5.65. The quantitative estimate of drug-likeness (QED) is 0.770. The molecule has 1 amide bonds. The van der Waals surface area contributed by atoms with E-state index < -0.39 is 5.97 Å². The summed E-state index contributed by atoms with van der Waals surface area (Å²) in [6, 6.07) is 3.31. The van der Waals surface area contributed by atoms with Crippen molar-refractivity contribution in [2.24, 2.45) is 0 Å². The molecule has 0 saturated carbocycles. The maximum Gasteiger partial charge on any atom is 0.354 e. The fourth-order valence-corrected chi connectivity index (χ4v) is 2.60. The summed E-state index contributed by atoms with van der Waals surface area (Å²) in [6.45, 7) is 4.47. The van der Waals surface area contributed by atoms with E-state index in [9.17, 15) is 9.59 Å². The average Bonchev–Trinajstić information content (AvgIpc) is 2.93. The van der Waals surface area contributed by atoms with Gasteiger partial charge in [0.05, 0.1) is 5.69 Å². The van der Waals surface area contributed by atoms with Crippen molar-refractivity contribution in [3.63, 3.8) is 0 Å². The third-order valence-corrected chi connectivity index (χ3v) is 3.41. The zero-order valence-corrected chi connectivity index (χ0v) is 13.3. The highest BCUT2D eigenvalue weighted by Gasteiger charge is 2.18. The van der Waals surface area contributed by atoms with Crippen LogP contribution in [-0.4, -0.2) is 26.5 Å². The van der Waals surface area contributed by atoms with Gasteiger partial charge in [-0.25, -0.2) is 4.79 Å². The molecule has 21 heavy (non-hydrogen) atoms. The molecule has 0 aliphatic heterocycles. The van der Waals surface area contributed by atoms with Gasteiger partial charge in [-0.15, -0.1) is 0 Å². The minimum absolute atomic E-state index is 0.0199. The Morgan fingerprint density at radius 3 is 2.76 bits per heavy atom.